The second kappa shape index (κ2) is 6.07. The van der Waals surface area contributed by atoms with Gasteiger partial charge in [-0.15, -0.1) is 0 Å². The van der Waals surface area contributed by atoms with Gasteiger partial charge in [-0.3, -0.25) is 4.79 Å². The Morgan fingerprint density at radius 2 is 2.47 bits per heavy atom. The molecule has 0 aliphatic heterocycles. The molecule has 2 unspecified atom stereocenters. The first-order valence-corrected chi connectivity index (χ1v) is 6.57. The summed E-state index contributed by atoms with van der Waals surface area (Å²) in [6, 6.07) is 0. The highest BCUT2D eigenvalue weighted by molar-refractivity contribution is 7.99. The summed E-state index contributed by atoms with van der Waals surface area (Å²) >= 11 is 1.61. The molecule has 1 rings (SSSR count). The number of thioether (sulfide) groups is 1. The fraction of sp³-hybridized carbons (Fsp3) is 0.636. The Hall–Kier alpha value is -1.01. The number of hydrogen-bond donors (Lipinski definition) is 3. The van der Waals surface area contributed by atoms with Crippen LogP contribution in [0.4, 0.5) is 0 Å². The lowest BCUT2D eigenvalue weighted by molar-refractivity contribution is -0.124. The summed E-state index contributed by atoms with van der Waals surface area (Å²) in [5, 5.41) is 4.26. The standard InChI is InChI=1S/C11H20N4OS/c1-4-15-11(3,9(12)16)7-8(2)17-10-13-5-6-14-10/h5-6,8,15H,4,7H2,1-3H3,(H2,12,16)(H,13,14). The molecule has 0 bridgehead atoms. The molecule has 1 aromatic heterocycles. The summed E-state index contributed by atoms with van der Waals surface area (Å²) in [4.78, 5) is 18.7. The van der Waals surface area contributed by atoms with E-state index in [1.807, 2.05) is 13.8 Å². The molecule has 1 aromatic rings. The number of aromatic amines is 1. The zero-order valence-corrected chi connectivity index (χ0v) is 11.3. The van der Waals surface area contributed by atoms with E-state index in [2.05, 4.69) is 22.2 Å². The summed E-state index contributed by atoms with van der Waals surface area (Å²) in [6.45, 7) is 6.59. The molecular formula is C11H20N4OS. The van der Waals surface area contributed by atoms with E-state index in [-0.39, 0.29) is 11.2 Å². The van der Waals surface area contributed by atoms with Crippen LogP contribution in [0.15, 0.2) is 17.6 Å². The third kappa shape index (κ3) is 4.05. The lowest BCUT2D eigenvalue weighted by Crippen LogP contribution is -2.54. The Morgan fingerprint density at radius 3 is 2.94 bits per heavy atom. The molecular weight excluding hydrogens is 236 g/mol. The van der Waals surface area contributed by atoms with Gasteiger partial charge in [0.05, 0.1) is 5.54 Å². The van der Waals surface area contributed by atoms with Crippen LogP contribution in [-0.4, -0.2) is 33.2 Å². The number of nitrogens with two attached hydrogens (primary N) is 1. The molecule has 0 aromatic carbocycles. The number of nitrogens with zero attached hydrogens (tertiary/aromatic N) is 1. The Morgan fingerprint density at radius 1 is 1.76 bits per heavy atom. The first-order valence-electron chi connectivity index (χ1n) is 5.69. The molecule has 0 saturated heterocycles. The fourth-order valence-electron chi connectivity index (χ4n) is 1.77. The van der Waals surface area contributed by atoms with Crippen LogP contribution in [0.2, 0.25) is 0 Å². The van der Waals surface area contributed by atoms with E-state index >= 15 is 0 Å². The Bertz CT molecular complexity index is 354. The average molecular weight is 256 g/mol. The minimum absolute atomic E-state index is 0.248. The quantitative estimate of drug-likeness (QED) is 0.639. The summed E-state index contributed by atoms with van der Waals surface area (Å²) in [5.41, 5.74) is 4.79. The Labute approximate surface area is 106 Å². The van der Waals surface area contributed by atoms with Crippen molar-refractivity contribution in [1.29, 1.82) is 0 Å². The largest absolute Gasteiger partial charge is 0.368 e. The molecule has 1 amide bonds. The second-order valence-electron chi connectivity index (χ2n) is 4.25. The molecule has 0 aliphatic carbocycles. The minimum Gasteiger partial charge on any atom is -0.368 e. The molecule has 0 spiro atoms. The van der Waals surface area contributed by atoms with Crippen molar-refractivity contribution in [3.05, 3.63) is 12.4 Å². The van der Waals surface area contributed by atoms with Crippen LogP contribution < -0.4 is 11.1 Å². The van der Waals surface area contributed by atoms with Gasteiger partial charge in [-0.2, -0.15) is 0 Å². The van der Waals surface area contributed by atoms with Gasteiger partial charge in [0.1, 0.15) is 0 Å². The maximum absolute atomic E-state index is 11.5. The number of carbonyl (C=O) groups excluding carboxylic acids is 1. The number of aromatic nitrogens is 2. The maximum atomic E-state index is 11.5. The van der Waals surface area contributed by atoms with Gasteiger partial charge in [0.15, 0.2) is 5.16 Å². The normalized spacial score (nSPS) is 16.4. The molecule has 0 radical (unpaired) electrons. The van der Waals surface area contributed by atoms with Crippen LogP contribution in [-0.2, 0) is 4.79 Å². The van der Waals surface area contributed by atoms with Crippen molar-refractivity contribution in [1.82, 2.24) is 15.3 Å². The van der Waals surface area contributed by atoms with E-state index in [0.717, 1.165) is 11.7 Å². The average Bonchev–Trinajstić information content (AvgIpc) is 2.70. The lowest BCUT2D eigenvalue weighted by atomic mass is 9.95. The highest BCUT2D eigenvalue weighted by Gasteiger charge is 2.32. The Kier molecular flexibility index (Phi) is 5.02. The molecule has 0 aliphatic rings. The van der Waals surface area contributed by atoms with Crippen molar-refractivity contribution in [2.45, 2.75) is 43.1 Å². The summed E-state index contributed by atoms with van der Waals surface area (Å²) in [6.07, 6.45) is 4.17. The molecule has 17 heavy (non-hydrogen) atoms. The minimum atomic E-state index is -0.659. The van der Waals surface area contributed by atoms with E-state index in [1.165, 1.54) is 0 Å². The molecule has 6 heteroatoms. The van der Waals surface area contributed by atoms with Gasteiger partial charge in [-0.25, -0.2) is 4.98 Å². The number of amides is 1. The van der Waals surface area contributed by atoms with Gasteiger partial charge < -0.3 is 16.0 Å². The summed E-state index contributed by atoms with van der Waals surface area (Å²) in [5.74, 6) is -0.314. The van der Waals surface area contributed by atoms with Crippen LogP contribution >= 0.6 is 11.8 Å². The predicted molar refractivity (Wildman–Crippen MR) is 69.8 cm³/mol. The van der Waals surface area contributed by atoms with Gasteiger partial charge >= 0.3 is 0 Å². The van der Waals surface area contributed by atoms with Crippen molar-refractivity contribution < 1.29 is 4.79 Å². The van der Waals surface area contributed by atoms with Crippen LogP contribution in [0.25, 0.3) is 0 Å². The van der Waals surface area contributed by atoms with Crippen LogP contribution in [0, 0.1) is 0 Å². The molecule has 0 saturated carbocycles. The summed E-state index contributed by atoms with van der Waals surface area (Å²) in [7, 11) is 0. The number of primary amides is 1. The van der Waals surface area contributed by atoms with Gasteiger partial charge in [-0.05, 0) is 19.9 Å². The molecule has 2 atom stereocenters. The molecule has 1 heterocycles. The van der Waals surface area contributed by atoms with E-state index in [1.54, 1.807) is 24.2 Å². The molecule has 4 N–H and O–H groups in total. The number of nitrogens with one attached hydrogen (secondary N) is 2. The first kappa shape index (κ1) is 14.1. The number of carbonyl (C=O) groups is 1. The summed E-state index contributed by atoms with van der Waals surface area (Å²) < 4.78 is 0. The van der Waals surface area contributed by atoms with E-state index in [0.29, 0.717) is 6.42 Å². The zero-order valence-electron chi connectivity index (χ0n) is 10.5. The topological polar surface area (TPSA) is 83.8 Å². The number of hydrogen-bond acceptors (Lipinski definition) is 4. The van der Waals surface area contributed by atoms with Crippen molar-refractivity contribution >= 4 is 17.7 Å². The van der Waals surface area contributed by atoms with Crippen molar-refractivity contribution in [3.63, 3.8) is 0 Å². The second-order valence-corrected chi connectivity index (χ2v) is 5.68. The predicted octanol–water partition coefficient (Wildman–Crippen LogP) is 1.13. The van der Waals surface area contributed by atoms with E-state index < -0.39 is 5.54 Å². The van der Waals surface area contributed by atoms with Crippen molar-refractivity contribution in [3.8, 4) is 0 Å². The number of likely N-dealkylation sites (N-methyl/N-ethyl adjacent to an activating group) is 1. The SMILES string of the molecule is CCNC(C)(CC(C)Sc1ncc[nH]1)C(N)=O. The zero-order chi connectivity index (χ0) is 12.9. The van der Waals surface area contributed by atoms with Crippen LogP contribution in [0.1, 0.15) is 27.2 Å². The lowest BCUT2D eigenvalue weighted by Gasteiger charge is -2.29. The molecule has 96 valence electrons. The molecule has 0 fully saturated rings. The van der Waals surface area contributed by atoms with Crippen LogP contribution in [0.5, 0.6) is 0 Å². The third-order valence-corrected chi connectivity index (χ3v) is 3.61. The smallest absolute Gasteiger partial charge is 0.237 e. The number of H-pyrrole nitrogens is 1. The van der Waals surface area contributed by atoms with Crippen LogP contribution in [0.3, 0.4) is 0 Å². The third-order valence-electron chi connectivity index (χ3n) is 2.59. The Balaban J connectivity index is 2.58. The highest BCUT2D eigenvalue weighted by atomic mass is 32.2. The number of imidazole rings is 1. The van der Waals surface area contributed by atoms with Crippen molar-refractivity contribution in [2.24, 2.45) is 5.73 Å². The van der Waals surface area contributed by atoms with E-state index in [4.69, 9.17) is 5.73 Å². The number of rotatable bonds is 7. The van der Waals surface area contributed by atoms with Crippen molar-refractivity contribution in [2.75, 3.05) is 6.54 Å². The highest BCUT2D eigenvalue weighted by Crippen LogP contribution is 2.26. The fourth-order valence-corrected chi connectivity index (χ4v) is 2.83. The van der Waals surface area contributed by atoms with Gasteiger partial charge in [0.25, 0.3) is 0 Å². The maximum Gasteiger partial charge on any atom is 0.237 e. The van der Waals surface area contributed by atoms with E-state index in [9.17, 15) is 4.79 Å². The first-order chi connectivity index (χ1) is 7.98. The van der Waals surface area contributed by atoms with Gasteiger partial charge in [0.2, 0.25) is 5.91 Å². The molecule has 5 nitrogen and oxygen atoms in total. The van der Waals surface area contributed by atoms with Gasteiger partial charge in [-0.1, -0.05) is 25.6 Å². The monoisotopic (exact) mass is 256 g/mol. The van der Waals surface area contributed by atoms with Gasteiger partial charge in [0, 0.05) is 17.6 Å².